The number of hydrogen-bond acceptors (Lipinski definition) is 4. The molecule has 0 saturated heterocycles. The second kappa shape index (κ2) is 3.57. The predicted octanol–water partition coefficient (Wildman–Crippen LogP) is 1.33. The van der Waals surface area contributed by atoms with Gasteiger partial charge in [-0.2, -0.15) is 0 Å². The molecule has 16 heavy (non-hydrogen) atoms. The zero-order valence-electron chi connectivity index (χ0n) is 8.77. The van der Waals surface area contributed by atoms with Crippen molar-refractivity contribution in [2.24, 2.45) is 0 Å². The number of hydrogen-bond donors (Lipinski definition) is 2. The van der Waals surface area contributed by atoms with E-state index in [1.165, 1.54) is 11.1 Å². The summed E-state index contributed by atoms with van der Waals surface area (Å²) in [5, 5.41) is 3.32. The Morgan fingerprint density at radius 3 is 2.88 bits per heavy atom. The summed E-state index contributed by atoms with van der Waals surface area (Å²) in [5.74, 6) is 0.316. The predicted molar refractivity (Wildman–Crippen MR) is 62.4 cm³/mol. The topological polar surface area (TPSA) is 63.8 Å². The van der Waals surface area contributed by atoms with Crippen molar-refractivity contribution in [1.29, 1.82) is 0 Å². The zero-order chi connectivity index (χ0) is 11.0. The molecule has 1 aromatic carbocycles. The van der Waals surface area contributed by atoms with Crippen molar-refractivity contribution < 1.29 is 0 Å². The van der Waals surface area contributed by atoms with Gasteiger partial charge in [0.05, 0.1) is 5.69 Å². The largest absolute Gasteiger partial charge is 0.368 e. The first-order valence-corrected chi connectivity index (χ1v) is 5.24. The van der Waals surface area contributed by atoms with Crippen LogP contribution in [0.15, 0.2) is 30.5 Å². The summed E-state index contributed by atoms with van der Waals surface area (Å²) in [7, 11) is 0. The molecule has 1 aromatic heterocycles. The second-order valence-corrected chi connectivity index (χ2v) is 3.89. The summed E-state index contributed by atoms with van der Waals surface area (Å²) in [4.78, 5) is 8.11. The molecular weight excluding hydrogens is 200 g/mol. The molecule has 80 valence electrons. The molecule has 2 heterocycles. The number of fused-ring (bicyclic) bond motifs is 1. The second-order valence-electron chi connectivity index (χ2n) is 3.89. The van der Waals surface area contributed by atoms with Crippen LogP contribution in [0, 0.1) is 0 Å². The van der Waals surface area contributed by atoms with E-state index in [9.17, 15) is 0 Å². The first-order valence-electron chi connectivity index (χ1n) is 5.24. The van der Waals surface area contributed by atoms with Crippen LogP contribution in [0.5, 0.6) is 0 Å². The zero-order valence-corrected chi connectivity index (χ0v) is 8.77. The maximum absolute atomic E-state index is 5.57. The van der Waals surface area contributed by atoms with Gasteiger partial charge in [0.2, 0.25) is 5.95 Å². The van der Waals surface area contributed by atoms with Gasteiger partial charge in [-0.3, -0.25) is 0 Å². The van der Waals surface area contributed by atoms with E-state index in [1.807, 2.05) is 6.07 Å². The van der Waals surface area contributed by atoms with Crippen LogP contribution in [-0.2, 0) is 13.1 Å². The van der Waals surface area contributed by atoms with Crippen LogP contribution in [0.1, 0.15) is 11.1 Å². The Balaban J connectivity index is 2.07. The van der Waals surface area contributed by atoms with Gasteiger partial charge >= 0.3 is 0 Å². The molecule has 0 atom stereocenters. The van der Waals surface area contributed by atoms with Gasteiger partial charge < -0.3 is 11.1 Å². The lowest BCUT2D eigenvalue weighted by Gasteiger charge is -2.04. The Bertz CT molecular complexity index is 536. The molecule has 0 saturated carbocycles. The number of nitrogen functional groups attached to an aromatic ring is 1. The number of aromatic nitrogens is 2. The van der Waals surface area contributed by atoms with Crippen LogP contribution in [0.25, 0.3) is 11.3 Å². The maximum atomic E-state index is 5.57. The summed E-state index contributed by atoms with van der Waals surface area (Å²) in [6.45, 7) is 1.89. The van der Waals surface area contributed by atoms with Crippen molar-refractivity contribution >= 4 is 5.95 Å². The lowest BCUT2D eigenvalue weighted by Crippen LogP contribution is -1.99. The van der Waals surface area contributed by atoms with Crippen molar-refractivity contribution in [2.45, 2.75) is 13.1 Å². The SMILES string of the molecule is Nc1nccc(-c2ccc3c(c2)CNC3)n1. The van der Waals surface area contributed by atoms with Gasteiger partial charge in [-0.25, -0.2) is 9.97 Å². The van der Waals surface area contributed by atoms with E-state index in [-0.39, 0.29) is 0 Å². The van der Waals surface area contributed by atoms with Gasteiger partial charge in [0.15, 0.2) is 0 Å². The normalized spacial score (nSPS) is 13.8. The van der Waals surface area contributed by atoms with E-state index in [2.05, 4.69) is 33.5 Å². The van der Waals surface area contributed by atoms with Crippen LogP contribution in [0.2, 0.25) is 0 Å². The summed E-state index contributed by atoms with van der Waals surface area (Å²) in [6, 6.07) is 8.26. The molecule has 1 aliphatic heterocycles. The highest BCUT2D eigenvalue weighted by Crippen LogP contribution is 2.23. The van der Waals surface area contributed by atoms with Crippen LogP contribution >= 0.6 is 0 Å². The summed E-state index contributed by atoms with van der Waals surface area (Å²) >= 11 is 0. The summed E-state index contributed by atoms with van der Waals surface area (Å²) < 4.78 is 0. The number of benzene rings is 1. The molecule has 4 heteroatoms. The molecule has 0 unspecified atom stereocenters. The lowest BCUT2D eigenvalue weighted by atomic mass is 10.0. The Kier molecular flexibility index (Phi) is 2.08. The minimum atomic E-state index is 0.316. The fraction of sp³-hybridized carbons (Fsp3) is 0.167. The lowest BCUT2D eigenvalue weighted by molar-refractivity contribution is 0.765. The molecular formula is C12H12N4. The van der Waals surface area contributed by atoms with E-state index in [1.54, 1.807) is 6.20 Å². The van der Waals surface area contributed by atoms with Crippen LogP contribution in [0.4, 0.5) is 5.95 Å². The minimum Gasteiger partial charge on any atom is -0.368 e. The number of anilines is 1. The van der Waals surface area contributed by atoms with Crippen LogP contribution < -0.4 is 11.1 Å². The highest BCUT2D eigenvalue weighted by Gasteiger charge is 2.11. The van der Waals surface area contributed by atoms with E-state index in [0.29, 0.717) is 5.95 Å². The Morgan fingerprint density at radius 1 is 1.12 bits per heavy atom. The molecule has 3 N–H and O–H groups in total. The van der Waals surface area contributed by atoms with Gasteiger partial charge in [-0.15, -0.1) is 0 Å². The molecule has 2 aromatic rings. The monoisotopic (exact) mass is 212 g/mol. The first-order chi connectivity index (χ1) is 7.83. The highest BCUT2D eigenvalue weighted by atomic mass is 15.0. The fourth-order valence-electron chi connectivity index (χ4n) is 1.99. The van der Waals surface area contributed by atoms with E-state index >= 15 is 0 Å². The third kappa shape index (κ3) is 1.53. The third-order valence-electron chi connectivity index (χ3n) is 2.81. The Labute approximate surface area is 93.5 Å². The van der Waals surface area contributed by atoms with Gasteiger partial charge in [-0.1, -0.05) is 12.1 Å². The summed E-state index contributed by atoms with van der Waals surface area (Å²) in [6.07, 6.45) is 1.68. The molecule has 3 rings (SSSR count). The molecule has 0 spiro atoms. The molecule has 0 amide bonds. The maximum Gasteiger partial charge on any atom is 0.220 e. The molecule has 0 bridgehead atoms. The van der Waals surface area contributed by atoms with Gasteiger partial charge in [0, 0.05) is 24.8 Å². The van der Waals surface area contributed by atoms with E-state index in [4.69, 9.17) is 5.73 Å². The molecule has 0 fully saturated rings. The fourth-order valence-corrected chi connectivity index (χ4v) is 1.99. The highest BCUT2D eigenvalue weighted by molar-refractivity contribution is 5.62. The number of nitrogens with one attached hydrogen (secondary N) is 1. The summed E-state index contributed by atoms with van der Waals surface area (Å²) in [5.41, 5.74) is 10.3. The van der Waals surface area contributed by atoms with Gasteiger partial charge in [0.25, 0.3) is 0 Å². The number of nitrogens with two attached hydrogens (primary N) is 1. The van der Waals surface area contributed by atoms with Crippen LogP contribution in [0.3, 0.4) is 0 Å². The molecule has 0 aliphatic carbocycles. The number of nitrogens with zero attached hydrogens (tertiary/aromatic N) is 2. The van der Waals surface area contributed by atoms with E-state index in [0.717, 1.165) is 24.3 Å². The van der Waals surface area contributed by atoms with Crippen molar-refractivity contribution in [2.75, 3.05) is 5.73 Å². The van der Waals surface area contributed by atoms with Crippen molar-refractivity contribution in [3.8, 4) is 11.3 Å². The van der Waals surface area contributed by atoms with Gasteiger partial charge in [-0.05, 0) is 23.3 Å². The van der Waals surface area contributed by atoms with Crippen molar-refractivity contribution in [1.82, 2.24) is 15.3 Å². The average Bonchev–Trinajstić information content (AvgIpc) is 2.75. The van der Waals surface area contributed by atoms with E-state index < -0.39 is 0 Å². The van der Waals surface area contributed by atoms with Crippen molar-refractivity contribution in [3.63, 3.8) is 0 Å². The van der Waals surface area contributed by atoms with Crippen molar-refractivity contribution in [3.05, 3.63) is 41.6 Å². The quantitative estimate of drug-likeness (QED) is 0.748. The average molecular weight is 212 g/mol. The standard InChI is InChI=1S/C12H12N4/c13-12-15-4-3-11(16-12)8-1-2-9-6-14-7-10(9)5-8/h1-5,14H,6-7H2,(H2,13,15,16). The Hall–Kier alpha value is -1.94. The molecule has 1 aliphatic rings. The Morgan fingerprint density at radius 2 is 2.00 bits per heavy atom. The minimum absolute atomic E-state index is 0.316. The smallest absolute Gasteiger partial charge is 0.220 e. The molecule has 0 radical (unpaired) electrons. The first kappa shape index (κ1) is 9.30. The third-order valence-corrected chi connectivity index (χ3v) is 2.81. The molecule has 4 nitrogen and oxygen atoms in total. The number of rotatable bonds is 1. The van der Waals surface area contributed by atoms with Gasteiger partial charge in [0.1, 0.15) is 0 Å². The van der Waals surface area contributed by atoms with Crippen LogP contribution in [-0.4, -0.2) is 9.97 Å².